The SMILES string of the molecule is O=C(/C=C/c1cccc(Cl)c1)N1CCN(C(=O)c2ccc(F)cc2)CC1. The normalized spacial score (nSPS) is 14.7. The Hall–Kier alpha value is -2.66. The van der Waals surface area contributed by atoms with E-state index in [9.17, 15) is 14.0 Å². The van der Waals surface area contributed by atoms with E-state index in [0.717, 1.165) is 5.56 Å². The molecule has 0 saturated carbocycles. The third-order valence-corrected chi connectivity index (χ3v) is 4.47. The van der Waals surface area contributed by atoms with Gasteiger partial charge in [0.05, 0.1) is 0 Å². The molecule has 1 fully saturated rings. The first-order chi connectivity index (χ1) is 12.5. The van der Waals surface area contributed by atoms with E-state index in [4.69, 9.17) is 11.6 Å². The second-order valence-corrected chi connectivity index (χ2v) is 6.45. The van der Waals surface area contributed by atoms with E-state index in [0.29, 0.717) is 36.8 Å². The number of nitrogens with zero attached hydrogens (tertiary/aromatic N) is 2. The highest BCUT2D eigenvalue weighted by molar-refractivity contribution is 6.30. The Balaban J connectivity index is 1.55. The zero-order chi connectivity index (χ0) is 18.5. The smallest absolute Gasteiger partial charge is 0.253 e. The van der Waals surface area contributed by atoms with Gasteiger partial charge in [-0.3, -0.25) is 9.59 Å². The maximum Gasteiger partial charge on any atom is 0.253 e. The van der Waals surface area contributed by atoms with Crippen LogP contribution in [0.2, 0.25) is 5.02 Å². The zero-order valence-electron chi connectivity index (χ0n) is 14.1. The molecular formula is C20H18ClFN2O2. The van der Waals surface area contributed by atoms with Gasteiger partial charge in [-0.2, -0.15) is 0 Å². The van der Waals surface area contributed by atoms with Crippen molar-refractivity contribution in [3.8, 4) is 0 Å². The average molecular weight is 373 g/mol. The maximum atomic E-state index is 13.0. The lowest BCUT2D eigenvalue weighted by Gasteiger charge is -2.34. The molecule has 1 heterocycles. The van der Waals surface area contributed by atoms with E-state index in [1.165, 1.54) is 30.3 Å². The van der Waals surface area contributed by atoms with Crippen LogP contribution in [0.5, 0.6) is 0 Å². The molecule has 0 atom stereocenters. The minimum Gasteiger partial charge on any atom is -0.336 e. The number of hydrogen-bond donors (Lipinski definition) is 0. The van der Waals surface area contributed by atoms with Gasteiger partial charge >= 0.3 is 0 Å². The van der Waals surface area contributed by atoms with Crippen molar-refractivity contribution in [2.24, 2.45) is 0 Å². The third kappa shape index (κ3) is 4.49. The largest absolute Gasteiger partial charge is 0.336 e. The summed E-state index contributed by atoms with van der Waals surface area (Å²) in [5.41, 5.74) is 1.31. The predicted molar refractivity (Wildman–Crippen MR) is 99.4 cm³/mol. The van der Waals surface area contributed by atoms with E-state index in [1.54, 1.807) is 28.0 Å². The molecule has 2 aromatic rings. The predicted octanol–water partition coefficient (Wildman–Crippen LogP) is 3.48. The summed E-state index contributed by atoms with van der Waals surface area (Å²) in [6.45, 7) is 1.83. The first kappa shape index (κ1) is 18.1. The Morgan fingerprint density at radius 3 is 2.27 bits per heavy atom. The van der Waals surface area contributed by atoms with Crippen molar-refractivity contribution in [3.05, 3.63) is 76.6 Å². The van der Waals surface area contributed by atoms with E-state index in [2.05, 4.69) is 0 Å². The molecule has 1 saturated heterocycles. The van der Waals surface area contributed by atoms with E-state index < -0.39 is 0 Å². The molecule has 1 aliphatic rings. The molecular weight excluding hydrogens is 355 g/mol. The standard InChI is InChI=1S/C20H18ClFN2O2/c21-17-3-1-2-15(14-17)4-9-19(25)23-10-12-24(13-11-23)20(26)16-5-7-18(22)8-6-16/h1-9,14H,10-13H2/b9-4+. The average Bonchev–Trinajstić information content (AvgIpc) is 2.66. The maximum absolute atomic E-state index is 13.0. The van der Waals surface area contributed by atoms with E-state index in [1.807, 2.05) is 12.1 Å². The lowest BCUT2D eigenvalue weighted by atomic mass is 10.1. The molecule has 4 nitrogen and oxygen atoms in total. The highest BCUT2D eigenvalue weighted by atomic mass is 35.5. The molecule has 0 aliphatic carbocycles. The number of halogens is 2. The molecule has 0 aromatic heterocycles. The molecule has 0 radical (unpaired) electrons. The number of carbonyl (C=O) groups excluding carboxylic acids is 2. The van der Waals surface area contributed by atoms with Gasteiger partial charge in [-0.25, -0.2) is 4.39 Å². The molecule has 2 amide bonds. The van der Waals surface area contributed by atoms with Crippen molar-refractivity contribution in [2.45, 2.75) is 0 Å². The molecule has 0 unspecified atom stereocenters. The van der Waals surface area contributed by atoms with Crippen molar-refractivity contribution in [2.75, 3.05) is 26.2 Å². The van der Waals surface area contributed by atoms with Crippen LogP contribution in [0, 0.1) is 5.82 Å². The van der Waals surface area contributed by atoms with Gasteiger partial charge in [-0.05, 0) is 48.0 Å². The van der Waals surface area contributed by atoms with Crippen LogP contribution in [0.1, 0.15) is 15.9 Å². The van der Waals surface area contributed by atoms with Gasteiger partial charge in [0, 0.05) is 42.8 Å². The Morgan fingerprint density at radius 1 is 0.962 bits per heavy atom. The fraction of sp³-hybridized carbons (Fsp3) is 0.200. The van der Waals surface area contributed by atoms with Gasteiger partial charge in [0.15, 0.2) is 0 Å². The quantitative estimate of drug-likeness (QED) is 0.774. The van der Waals surface area contributed by atoms with Crippen LogP contribution in [0.15, 0.2) is 54.6 Å². The summed E-state index contributed by atoms with van der Waals surface area (Å²) >= 11 is 5.93. The summed E-state index contributed by atoms with van der Waals surface area (Å²) < 4.78 is 13.0. The number of piperazine rings is 1. The van der Waals surface area contributed by atoms with Crippen molar-refractivity contribution in [3.63, 3.8) is 0 Å². The van der Waals surface area contributed by atoms with Crippen molar-refractivity contribution >= 4 is 29.5 Å². The van der Waals surface area contributed by atoms with Gasteiger partial charge in [-0.1, -0.05) is 23.7 Å². The lowest BCUT2D eigenvalue weighted by Crippen LogP contribution is -2.50. The fourth-order valence-corrected chi connectivity index (χ4v) is 2.99. The van der Waals surface area contributed by atoms with Gasteiger partial charge in [0.2, 0.25) is 5.91 Å². The first-order valence-corrected chi connectivity index (χ1v) is 8.68. The molecule has 0 N–H and O–H groups in total. The van der Waals surface area contributed by atoms with E-state index in [-0.39, 0.29) is 17.6 Å². The summed E-state index contributed by atoms with van der Waals surface area (Å²) in [6.07, 6.45) is 3.24. The van der Waals surface area contributed by atoms with Crippen molar-refractivity contribution in [1.82, 2.24) is 9.80 Å². The van der Waals surface area contributed by atoms with Crippen LogP contribution in [0.3, 0.4) is 0 Å². The number of benzene rings is 2. The van der Waals surface area contributed by atoms with Gasteiger partial charge in [0.25, 0.3) is 5.91 Å². The Bertz CT molecular complexity index is 828. The van der Waals surface area contributed by atoms with Gasteiger partial charge in [0.1, 0.15) is 5.82 Å². The van der Waals surface area contributed by atoms with Gasteiger partial charge in [-0.15, -0.1) is 0 Å². The monoisotopic (exact) mass is 372 g/mol. The summed E-state index contributed by atoms with van der Waals surface area (Å²) in [7, 11) is 0. The highest BCUT2D eigenvalue weighted by Gasteiger charge is 2.23. The minimum absolute atomic E-state index is 0.0983. The molecule has 1 aliphatic heterocycles. The molecule has 0 spiro atoms. The van der Waals surface area contributed by atoms with Crippen molar-refractivity contribution in [1.29, 1.82) is 0 Å². The summed E-state index contributed by atoms with van der Waals surface area (Å²) in [4.78, 5) is 28.1. The van der Waals surface area contributed by atoms with Crippen LogP contribution < -0.4 is 0 Å². The lowest BCUT2D eigenvalue weighted by molar-refractivity contribution is -0.127. The molecule has 134 valence electrons. The van der Waals surface area contributed by atoms with Crippen molar-refractivity contribution < 1.29 is 14.0 Å². The van der Waals surface area contributed by atoms with E-state index >= 15 is 0 Å². The van der Waals surface area contributed by atoms with Crippen LogP contribution in [-0.4, -0.2) is 47.8 Å². The second-order valence-electron chi connectivity index (χ2n) is 6.01. The number of amides is 2. The van der Waals surface area contributed by atoms with Crippen LogP contribution in [-0.2, 0) is 4.79 Å². The molecule has 26 heavy (non-hydrogen) atoms. The summed E-state index contributed by atoms with van der Waals surface area (Å²) in [5, 5.41) is 0.618. The summed E-state index contributed by atoms with van der Waals surface area (Å²) in [6, 6.07) is 12.7. The fourth-order valence-electron chi connectivity index (χ4n) is 2.79. The number of carbonyl (C=O) groups is 2. The Morgan fingerprint density at radius 2 is 1.62 bits per heavy atom. The molecule has 0 bridgehead atoms. The van der Waals surface area contributed by atoms with Crippen LogP contribution in [0.4, 0.5) is 4.39 Å². The zero-order valence-corrected chi connectivity index (χ0v) is 14.8. The number of rotatable bonds is 3. The van der Waals surface area contributed by atoms with Crippen LogP contribution >= 0.6 is 11.6 Å². The second kappa shape index (κ2) is 8.15. The topological polar surface area (TPSA) is 40.6 Å². The molecule has 6 heteroatoms. The summed E-state index contributed by atoms with van der Waals surface area (Å²) in [5.74, 6) is -0.617. The third-order valence-electron chi connectivity index (χ3n) is 4.24. The molecule has 3 rings (SSSR count). The Kier molecular flexibility index (Phi) is 5.68. The first-order valence-electron chi connectivity index (χ1n) is 8.30. The minimum atomic E-state index is -0.372. The van der Waals surface area contributed by atoms with Gasteiger partial charge < -0.3 is 9.80 Å². The number of hydrogen-bond acceptors (Lipinski definition) is 2. The van der Waals surface area contributed by atoms with Crippen LogP contribution in [0.25, 0.3) is 6.08 Å². The molecule has 2 aromatic carbocycles. The Labute approximate surface area is 156 Å². The highest BCUT2D eigenvalue weighted by Crippen LogP contribution is 2.13.